The summed E-state index contributed by atoms with van der Waals surface area (Å²) in [7, 11) is 0. The van der Waals surface area contributed by atoms with Crippen molar-refractivity contribution >= 4 is 5.69 Å². The highest BCUT2D eigenvalue weighted by Crippen LogP contribution is 2.37. The molecule has 0 amide bonds. The molecule has 3 rings (SSSR count). The molecule has 2 N–H and O–H groups in total. The molecule has 1 aromatic carbocycles. The number of aryl methyl sites for hydroxylation is 1. The van der Waals surface area contributed by atoms with E-state index in [2.05, 4.69) is 41.1 Å². The summed E-state index contributed by atoms with van der Waals surface area (Å²) >= 11 is 0. The maximum Gasteiger partial charge on any atom is 0.0558 e. The van der Waals surface area contributed by atoms with Gasteiger partial charge in [0.25, 0.3) is 0 Å². The molecule has 1 fully saturated rings. The zero-order valence-corrected chi connectivity index (χ0v) is 11.9. The number of hydrogen-bond donors (Lipinski definition) is 1. The second kappa shape index (κ2) is 5.63. The van der Waals surface area contributed by atoms with Crippen LogP contribution in [0.2, 0.25) is 0 Å². The van der Waals surface area contributed by atoms with Crippen molar-refractivity contribution in [2.75, 3.05) is 11.4 Å². The number of nitrogens with zero attached hydrogens (tertiary/aromatic N) is 2. The molecule has 0 radical (unpaired) electrons. The maximum absolute atomic E-state index is 5.91. The molecule has 2 aromatic rings. The van der Waals surface area contributed by atoms with Crippen molar-refractivity contribution in [2.45, 2.75) is 32.4 Å². The van der Waals surface area contributed by atoms with Crippen molar-refractivity contribution < 1.29 is 0 Å². The number of aromatic nitrogens is 1. The third kappa shape index (κ3) is 2.41. The predicted octanol–water partition coefficient (Wildman–Crippen LogP) is 3.19. The first-order chi connectivity index (χ1) is 9.79. The van der Waals surface area contributed by atoms with E-state index in [-0.39, 0.29) is 0 Å². The van der Waals surface area contributed by atoms with E-state index in [0.29, 0.717) is 12.6 Å². The summed E-state index contributed by atoms with van der Waals surface area (Å²) in [5.41, 5.74) is 11.0. The molecular weight excluding hydrogens is 246 g/mol. The SMILES string of the molecule is Cc1ccc(CN)c(N2CCCC2c2cccnc2)c1. The van der Waals surface area contributed by atoms with Gasteiger partial charge in [0.15, 0.2) is 0 Å². The predicted molar refractivity (Wildman–Crippen MR) is 82.6 cm³/mol. The van der Waals surface area contributed by atoms with Crippen LogP contribution in [0.4, 0.5) is 5.69 Å². The molecule has 3 nitrogen and oxygen atoms in total. The molecule has 0 bridgehead atoms. The van der Waals surface area contributed by atoms with Crippen LogP contribution in [0.5, 0.6) is 0 Å². The summed E-state index contributed by atoms with van der Waals surface area (Å²) in [6, 6.07) is 11.2. The molecule has 20 heavy (non-hydrogen) atoms. The molecule has 0 saturated carbocycles. The van der Waals surface area contributed by atoms with Gasteiger partial charge in [0, 0.05) is 31.2 Å². The summed E-state index contributed by atoms with van der Waals surface area (Å²) < 4.78 is 0. The Labute approximate surface area is 120 Å². The van der Waals surface area contributed by atoms with Crippen LogP contribution in [0, 0.1) is 6.92 Å². The number of hydrogen-bond acceptors (Lipinski definition) is 3. The number of pyridine rings is 1. The number of anilines is 1. The summed E-state index contributed by atoms with van der Waals surface area (Å²) in [5.74, 6) is 0. The van der Waals surface area contributed by atoms with Gasteiger partial charge in [-0.05, 0) is 48.6 Å². The van der Waals surface area contributed by atoms with E-state index in [1.165, 1.54) is 35.2 Å². The highest BCUT2D eigenvalue weighted by Gasteiger charge is 2.27. The first kappa shape index (κ1) is 13.1. The molecule has 1 atom stereocenters. The van der Waals surface area contributed by atoms with E-state index >= 15 is 0 Å². The lowest BCUT2D eigenvalue weighted by Crippen LogP contribution is -2.24. The van der Waals surface area contributed by atoms with Crippen molar-refractivity contribution in [1.29, 1.82) is 0 Å². The van der Waals surface area contributed by atoms with Crippen LogP contribution < -0.4 is 10.6 Å². The molecule has 0 spiro atoms. The Morgan fingerprint density at radius 1 is 1.35 bits per heavy atom. The Morgan fingerprint density at radius 2 is 2.25 bits per heavy atom. The van der Waals surface area contributed by atoms with Gasteiger partial charge in [-0.2, -0.15) is 0 Å². The zero-order chi connectivity index (χ0) is 13.9. The Bertz CT molecular complexity index is 580. The molecule has 1 aromatic heterocycles. The summed E-state index contributed by atoms with van der Waals surface area (Å²) in [5, 5.41) is 0. The topological polar surface area (TPSA) is 42.1 Å². The fraction of sp³-hybridized carbons (Fsp3) is 0.353. The molecule has 1 unspecified atom stereocenters. The molecule has 1 aliphatic heterocycles. The van der Waals surface area contributed by atoms with Gasteiger partial charge >= 0.3 is 0 Å². The van der Waals surface area contributed by atoms with Crippen LogP contribution in [-0.2, 0) is 6.54 Å². The average molecular weight is 267 g/mol. The third-order valence-electron chi connectivity index (χ3n) is 4.09. The average Bonchev–Trinajstić information content (AvgIpc) is 2.97. The van der Waals surface area contributed by atoms with Crippen molar-refractivity contribution in [3.8, 4) is 0 Å². The van der Waals surface area contributed by atoms with Crippen LogP contribution >= 0.6 is 0 Å². The molecule has 2 heterocycles. The summed E-state index contributed by atoms with van der Waals surface area (Å²) in [6.07, 6.45) is 6.23. The first-order valence-corrected chi connectivity index (χ1v) is 7.26. The smallest absolute Gasteiger partial charge is 0.0558 e. The summed E-state index contributed by atoms with van der Waals surface area (Å²) in [6.45, 7) is 3.82. The molecule has 1 saturated heterocycles. The monoisotopic (exact) mass is 267 g/mol. The largest absolute Gasteiger partial charge is 0.364 e. The van der Waals surface area contributed by atoms with Gasteiger partial charge in [0.1, 0.15) is 0 Å². The number of nitrogens with two attached hydrogens (primary N) is 1. The van der Waals surface area contributed by atoms with Gasteiger partial charge in [-0.3, -0.25) is 4.98 Å². The van der Waals surface area contributed by atoms with Crippen LogP contribution in [0.3, 0.4) is 0 Å². The van der Waals surface area contributed by atoms with E-state index in [4.69, 9.17) is 5.73 Å². The fourth-order valence-corrected chi connectivity index (χ4v) is 3.09. The zero-order valence-electron chi connectivity index (χ0n) is 11.9. The lowest BCUT2D eigenvalue weighted by atomic mass is 10.0. The molecular formula is C17H21N3. The summed E-state index contributed by atoms with van der Waals surface area (Å²) in [4.78, 5) is 6.76. The minimum Gasteiger partial charge on any atom is -0.364 e. The number of rotatable bonds is 3. The molecule has 1 aliphatic rings. The van der Waals surface area contributed by atoms with E-state index in [1.54, 1.807) is 0 Å². The van der Waals surface area contributed by atoms with E-state index in [0.717, 1.165) is 6.54 Å². The van der Waals surface area contributed by atoms with Crippen molar-refractivity contribution in [3.05, 3.63) is 59.4 Å². The minimum absolute atomic E-state index is 0.427. The van der Waals surface area contributed by atoms with Crippen LogP contribution in [0.25, 0.3) is 0 Å². The van der Waals surface area contributed by atoms with Crippen LogP contribution in [-0.4, -0.2) is 11.5 Å². The Morgan fingerprint density at radius 3 is 3.00 bits per heavy atom. The van der Waals surface area contributed by atoms with Gasteiger partial charge in [-0.25, -0.2) is 0 Å². The van der Waals surface area contributed by atoms with Crippen LogP contribution in [0.1, 0.15) is 35.6 Å². The number of benzene rings is 1. The standard InChI is InChI=1S/C17H21N3/c1-13-6-7-14(11-18)17(10-13)20-9-3-5-16(20)15-4-2-8-19-12-15/h2,4,6-8,10,12,16H,3,5,9,11,18H2,1H3. The molecule has 3 heteroatoms. The highest BCUT2D eigenvalue weighted by atomic mass is 15.2. The third-order valence-corrected chi connectivity index (χ3v) is 4.09. The Kier molecular flexibility index (Phi) is 3.70. The van der Waals surface area contributed by atoms with E-state index in [9.17, 15) is 0 Å². The van der Waals surface area contributed by atoms with E-state index in [1.807, 2.05) is 18.5 Å². The lowest BCUT2D eigenvalue weighted by molar-refractivity contribution is 0.712. The normalized spacial score (nSPS) is 18.5. The second-order valence-electron chi connectivity index (χ2n) is 5.47. The van der Waals surface area contributed by atoms with Crippen LogP contribution in [0.15, 0.2) is 42.7 Å². The highest BCUT2D eigenvalue weighted by molar-refractivity contribution is 5.57. The second-order valence-corrected chi connectivity index (χ2v) is 5.47. The van der Waals surface area contributed by atoms with Gasteiger partial charge < -0.3 is 10.6 Å². The van der Waals surface area contributed by atoms with Crippen molar-refractivity contribution in [2.24, 2.45) is 5.73 Å². The van der Waals surface area contributed by atoms with Gasteiger partial charge in [-0.1, -0.05) is 18.2 Å². The van der Waals surface area contributed by atoms with Crippen molar-refractivity contribution in [1.82, 2.24) is 4.98 Å². The Hall–Kier alpha value is -1.87. The first-order valence-electron chi connectivity index (χ1n) is 7.26. The molecule has 0 aliphatic carbocycles. The quantitative estimate of drug-likeness (QED) is 0.928. The van der Waals surface area contributed by atoms with Crippen molar-refractivity contribution in [3.63, 3.8) is 0 Å². The fourth-order valence-electron chi connectivity index (χ4n) is 3.09. The minimum atomic E-state index is 0.427. The van der Waals surface area contributed by atoms with Gasteiger partial charge in [0.2, 0.25) is 0 Å². The van der Waals surface area contributed by atoms with Gasteiger partial charge in [0.05, 0.1) is 6.04 Å². The van der Waals surface area contributed by atoms with Gasteiger partial charge in [-0.15, -0.1) is 0 Å². The Balaban J connectivity index is 1.99. The van der Waals surface area contributed by atoms with E-state index < -0.39 is 0 Å². The molecule has 104 valence electrons. The maximum atomic E-state index is 5.91. The lowest BCUT2D eigenvalue weighted by Gasteiger charge is -2.29.